The third-order valence-corrected chi connectivity index (χ3v) is 4.25. The summed E-state index contributed by atoms with van der Waals surface area (Å²) in [6.45, 7) is 1.46. The molecular formula is C15H22N2O4S. The number of nitrogens with zero attached hydrogens (tertiary/aromatic N) is 1. The Kier molecular flexibility index (Phi) is 5.93. The number of rotatable bonds is 6. The highest BCUT2D eigenvalue weighted by Gasteiger charge is 2.25. The number of hydrogen-bond donors (Lipinski definition) is 1. The van der Waals surface area contributed by atoms with Crippen LogP contribution in [0.2, 0.25) is 0 Å². The summed E-state index contributed by atoms with van der Waals surface area (Å²) in [5, 5.41) is 0. The van der Waals surface area contributed by atoms with Gasteiger partial charge in [0, 0.05) is 19.1 Å². The first-order valence-corrected chi connectivity index (χ1v) is 9.20. The maximum absolute atomic E-state index is 12.1. The van der Waals surface area contributed by atoms with Gasteiger partial charge in [-0.3, -0.25) is 4.79 Å². The lowest BCUT2D eigenvalue weighted by Gasteiger charge is -2.32. The molecule has 0 saturated carbocycles. The maximum Gasteiger partial charge on any atom is 0.248 e. The molecule has 1 saturated heterocycles. The van der Waals surface area contributed by atoms with Gasteiger partial charge in [0.25, 0.3) is 0 Å². The fourth-order valence-corrected chi connectivity index (χ4v) is 3.32. The summed E-state index contributed by atoms with van der Waals surface area (Å²) >= 11 is 0. The van der Waals surface area contributed by atoms with Crippen molar-refractivity contribution in [3.63, 3.8) is 0 Å². The summed E-state index contributed by atoms with van der Waals surface area (Å²) < 4.78 is 30.5. The summed E-state index contributed by atoms with van der Waals surface area (Å²) in [6.07, 6.45) is 2.68. The molecule has 0 unspecified atom stereocenters. The zero-order valence-corrected chi connectivity index (χ0v) is 13.5. The zero-order chi connectivity index (χ0) is 16.0. The second-order valence-electron chi connectivity index (χ2n) is 5.55. The Morgan fingerprint density at radius 1 is 1.36 bits per heavy atom. The maximum atomic E-state index is 12.1. The number of ether oxygens (including phenoxy) is 1. The van der Waals surface area contributed by atoms with Crippen LogP contribution in [-0.2, 0) is 26.2 Å². The van der Waals surface area contributed by atoms with Crippen LogP contribution in [0.1, 0.15) is 18.4 Å². The molecule has 1 aromatic rings. The third-order valence-electron chi connectivity index (χ3n) is 3.49. The Labute approximate surface area is 131 Å². The van der Waals surface area contributed by atoms with Gasteiger partial charge in [0.2, 0.25) is 15.9 Å². The van der Waals surface area contributed by atoms with Gasteiger partial charge in [0.05, 0.1) is 12.9 Å². The molecule has 6 nitrogen and oxygen atoms in total. The topological polar surface area (TPSA) is 75.7 Å². The number of nitrogens with one attached hydrogen (secondary N) is 1. The molecule has 7 heteroatoms. The first-order valence-electron chi connectivity index (χ1n) is 7.31. The Morgan fingerprint density at radius 3 is 2.77 bits per heavy atom. The summed E-state index contributed by atoms with van der Waals surface area (Å²) in [5.74, 6) is -0.101. The van der Waals surface area contributed by atoms with E-state index in [1.54, 1.807) is 4.90 Å². The SMILES string of the molecule is CS(=O)(=O)N[C@@H]1CCCN(C(=O)COCc2ccccc2)C1. The largest absolute Gasteiger partial charge is 0.367 e. The molecule has 1 atom stereocenters. The molecule has 122 valence electrons. The van der Waals surface area contributed by atoms with E-state index in [1.165, 1.54) is 0 Å². The average molecular weight is 326 g/mol. The van der Waals surface area contributed by atoms with E-state index in [4.69, 9.17) is 4.74 Å². The molecule has 0 aliphatic carbocycles. The van der Waals surface area contributed by atoms with E-state index in [0.29, 0.717) is 19.7 Å². The molecule has 1 N–H and O–H groups in total. The van der Waals surface area contributed by atoms with Crippen molar-refractivity contribution >= 4 is 15.9 Å². The Hall–Kier alpha value is -1.44. The minimum absolute atomic E-state index is 0.0144. The van der Waals surface area contributed by atoms with Crippen LogP contribution in [0.3, 0.4) is 0 Å². The fraction of sp³-hybridized carbons (Fsp3) is 0.533. The van der Waals surface area contributed by atoms with Crippen LogP contribution in [0.5, 0.6) is 0 Å². The molecule has 0 aromatic heterocycles. The first-order chi connectivity index (χ1) is 10.4. The minimum Gasteiger partial charge on any atom is -0.367 e. The van der Waals surface area contributed by atoms with Crippen molar-refractivity contribution in [1.29, 1.82) is 0 Å². The van der Waals surface area contributed by atoms with Crippen LogP contribution < -0.4 is 4.72 Å². The minimum atomic E-state index is -3.25. The Bertz CT molecular complexity index is 589. The first kappa shape index (κ1) is 16.9. The van der Waals surface area contributed by atoms with E-state index < -0.39 is 10.0 Å². The Balaban J connectivity index is 1.77. The predicted molar refractivity (Wildman–Crippen MR) is 83.7 cm³/mol. The van der Waals surface area contributed by atoms with Crippen LogP contribution >= 0.6 is 0 Å². The highest BCUT2D eigenvalue weighted by Crippen LogP contribution is 2.11. The number of sulfonamides is 1. The molecule has 1 aliphatic heterocycles. The van der Waals surface area contributed by atoms with Crippen molar-refractivity contribution in [3.05, 3.63) is 35.9 Å². The molecule has 1 heterocycles. The smallest absolute Gasteiger partial charge is 0.248 e. The zero-order valence-electron chi connectivity index (χ0n) is 12.7. The van der Waals surface area contributed by atoms with Crippen LogP contribution in [0.15, 0.2) is 30.3 Å². The number of carbonyl (C=O) groups excluding carboxylic acids is 1. The van der Waals surface area contributed by atoms with Gasteiger partial charge in [0.1, 0.15) is 6.61 Å². The highest BCUT2D eigenvalue weighted by molar-refractivity contribution is 7.88. The normalized spacial score (nSPS) is 19.1. The number of likely N-dealkylation sites (tertiary alicyclic amines) is 1. The van der Waals surface area contributed by atoms with Crippen molar-refractivity contribution in [3.8, 4) is 0 Å². The number of hydrogen-bond acceptors (Lipinski definition) is 4. The van der Waals surface area contributed by atoms with Gasteiger partial charge in [-0.2, -0.15) is 0 Å². The van der Waals surface area contributed by atoms with Crippen LogP contribution in [0.25, 0.3) is 0 Å². The second-order valence-corrected chi connectivity index (χ2v) is 7.33. The van der Waals surface area contributed by atoms with E-state index in [2.05, 4.69) is 4.72 Å². The molecule has 0 bridgehead atoms. The van der Waals surface area contributed by atoms with Crippen molar-refractivity contribution in [1.82, 2.24) is 9.62 Å². The average Bonchev–Trinajstić information content (AvgIpc) is 2.47. The molecular weight excluding hydrogens is 304 g/mol. The molecule has 0 spiro atoms. The number of amides is 1. The van der Waals surface area contributed by atoms with Crippen LogP contribution in [0.4, 0.5) is 0 Å². The molecule has 22 heavy (non-hydrogen) atoms. The third kappa shape index (κ3) is 5.75. The van der Waals surface area contributed by atoms with Crippen LogP contribution in [0, 0.1) is 0 Å². The van der Waals surface area contributed by atoms with Crippen LogP contribution in [-0.4, -0.2) is 51.2 Å². The number of benzene rings is 1. The summed E-state index contributed by atoms with van der Waals surface area (Å²) in [6, 6.07) is 9.45. The lowest BCUT2D eigenvalue weighted by molar-refractivity contribution is -0.137. The molecule has 1 aromatic carbocycles. The molecule has 1 fully saturated rings. The number of piperidine rings is 1. The van der Waals surface area contributed by atoms with Crippen molar-refractivity contribution in [2.45, 2.75) is 25.5 Å². The van der Waals surface area contributed by atoms with Gasteiger partial charge >= 0.3 is 0 Å². The van der Waals surface area contributed by atoms with Gasteiger partial charge in [-0.05, 0) is 18.4 Å². The van der Waals surface area contributed by atoms with Crippen molar-refractivity contribution < 1.29 is 17.9 Å². The summed E-state index contributed by atoms with van der Waals surface area (Å²) in [7, 11) is -3.25. The van der Waals surface area contributed by atoms with E-state index >= 15 is 0 Å². The van der Waals surface area contributed by atoms with E-state index in [1.807, 2.05) is 30.3 Å². The fourth-order valence-electron chi connectivity index (χ4n) is 2.52. The van der Waals surface area contributed by atoms with E-state index in [0.717, 1.165) is 24.7 Å². The standard InChI is InChI=1S/C15H22N2O4S/c1-22(19,20)16-14-8-5-9-17(10-14)15(18)12-21-11-13-6-3-2-4-7-13/h2-4,6-7,14,16H,5,8-12H2,1H3/t14-/m1/s1. The van der Waals surface area contributed by atoms with Gasteiger partial charge < -0.3 is 9.64 Å². The number of carbonyl (C=O) groups is 1. The molecule has 1 amide bonds. The lowest BCUT2D eigenvalue weighted by Crippen LogP contribution is -2.50. The lowest BCUT2D eigenvalue weighted by atomic mass is 10.1. The van der Waals surface area contributed by atoms with E-state index in [9.17, 15) is 13.2 Å². The van der Waals surface area contributed by atoms with Gasteiger partial charge in [0.15, 0.2) is 0 Å². The molecule has 2 rings (SSSR count). The van der Waals surface area contributed by atoms with Gasteiger partial charge in [-0.1, -0.05) is 30.3 Å². The Morgan fingerprint density at radius 2 is 2.09 bits per heavy atom. The van der Waals surface area contributed by atoms with Gasteiger partial charge in [-0.15, -0.1) is 0 Å². The predicted octanol–water partition coefficient (Wildman–Crippen LogP) is 0.743. The van der Waals surface area contributed by atoms with Crippen molar-refractivity contribution in [2.75, 3.05) is 26.0 Å². The quantitative estimate of drug-likeness (QED) is 0.837. The summed E-state index contributed by atoms with van der Waals surface area (Å²) in [5.41, 5.74) is 1.02. The van der Waals surface area contributed by atoms with Gasteiger partial charge in [-0.25, -0.2) is 13.1 Å². The summed E-state index contributed by atoms with van der Waals surface area (Å²) in [4.78, 5) is 13.8. The molecule has 1 aliphatic rings. The van der Waals surface area contributed by atoms with Crippen molar-refractivity contribution in [2.24, 2.45) is 0 Å². The van der Waals surface area contributed by atoms with E-state index in [-0.39, 0.29) is 18.6 Å². The highest BCUT2D eigenvalue weighted by atomic mass is 32.2. The molecule has 0 radical (unpaired) electrons. The monoisotopic (exact) mass is 326 g/mol. The second kappa shape index (κ2) is 7.71.